The Morgan fingerprint density at radius 1 is 1.00 bits per heavy atom. The van der Waals surface area contributed by atoms with Crippen LogP contribution in [0.1, 0.15) is 0 Å². The van der Waals surface area contributed by atoms with Gasteiger partial charge in [0.15, 0.2) is 0 Å². The zero-order valence-corrected chi connectivity index (χ0v) is 21.6. The van der Waals surface area contributed by atoms with E-state index in [0.717, 1.165) is 6.08 Å². The molecule has 36 heavy (non-hydrogen) atoms. The van der Waals surface area contributed by atoms with Gasteiger partial charge < -0.3 is 25.4 Å². The average molecular weight is 552 g/mol. The molecule has 0 atom stereocenters. The molecule has 0 bridgehead atoms. The van der Waals surface area contributed by atoms with Crippen LogP contribution in [-0.2, 0) is 4.79 Å². The largest absolute Gasteiger partial charge is 0.495 e. The highest BCUT2D eigenvalue weighted by atomic mass is 35.5. The van der Waals surface area contributed by atoms with E-state index in [1.165, 1.54) is 44.6 Å². The lowest BCUT2D eigenvalue weighted by atomic mass is 10.2. The maximum Gasteiger partial charge on any atom is 0.327 e. The van der Waals surface area contributed by atoms with Gasteiger partial charge in [-0.2, -0.15) is 0 Å². The fourth-order valence-electron chi connectivity index (χ4n) is 2.96. The summed E-state index contributed by atoms with van der Waals surface area (Å²) >= 11 is 19.0. The normalized spacial score (nSPS) is 10.3. The minimum Gasteiger partial charge on any atom is -0.495 e. The molecule has 10 nitrogen and oxygen atoms in total. The maximum atomic E-state index is 13.0. The number of carbonyl (C=O) groups excluding carboxylic acids is 2. The van der Waals surface area contributed by atoms with E-state index in [1.54, 1.807) is 18.2 Å². The summed E-state index contributed by atoms with van der Waals surface area (Å²) in [6.07, 6.45) is 2.40. The van der Waals surface area contributed by atoms with Crippen molar-refractivity contribution in [3.05, 3.63) is 64.4 Å². The van der Waals surface area contributed by atoms with Gasteiger partial charge in [0.1, 0.15) is 39.5 Å². The monoisotopic (exact) mass is 550 g/mol. The lowest BCUT2D eigenvalue weighted by Gasteiger charge is -2.20. The van der Waals surface area contributed by atoms with Gasteiger partial charge in [0.2, 0.25) is 5.91 Å². The molecular weight excluding hydrogens is 531 g/mol. The number of benzene rings is 2. The quantitative estimate of drug-likeness (QED) is 0.294. The number of halogens is 3. The van der Waals surface area contributed by atoms with Gasteiger partial charge in [-0.3, -0.25) is 9.69 Å². The second-order valence-corrected chi connectivity index (χ2v) is 8.18. The van der Waals surface area contributed by atoms with Gasteiger partial charge in [-0.25, -0.2) is 14.8 Å². The molecule has 0 saturated heterocycles. The van der Waals surface area contributed by atoms with Crippen molar-refractivity contribution in [2.45, 2.75) is 0 Å². The number of aromatic nitrogens is 2. The molecule has 0 aliphatic rings. The van der Waals surface area contributed by atoms with E-state index in [1.807, 2.05) is 0 Å². The minimum absolute atomic E-state index is 0.0999. The summed E-state index contributed by atoms with van der Waals surface area (Å²) < 4.78 is 10.5. The van der Waals surface area contributed by atoms with Crippen LogP contribution in [0.15, 0.2) is 49.3 Å². The maximum absolute atomic E-state index is 13.0. The Labute approximate surface area is 222 Å². The minimum atomic E-state index is -0.601. The van der Waals surface area contributed by atoms with Crippen LogP contribution in [0.25, 0.3) is 0 Å². The van der Waals surface area contributed by atoms with Gasteiger partial charge in [0.05, 0.1) is 36.3 Å². The number of hydrogen-bond acceptors (Lipinski definition) is 7. The van der Waals surface area contributed by atoms with Crippen molar-refractivity contribution in [3.8, 4) is 11.5 Å². The lowest BCUT2D eigenvalue weighted by molar-refractivity contribution is -0.111. The van der Waals surface area contributed by atoms with E-state index >= 15 is 0 Å². The van der Waals surface area contributed by atoms with Crippen LogP contribution in [0, 0.1) is 0 Å². The van der Waals surface area contributed by atoms with Crippen LogP contribution < -0.4 is 30.3 Å². The molecule has 0 aliphatic heterocycles. The van der Waals surface area contributed by atoms with Crippen LogP contribution in [0.5, 0.6) is 11.5 Å². The van der Waals surface area contributed by atoms with Crippen LogP contribution in [0.2, 0.25) is 15.1 Å². The molecule has 3 N–H and O–H groups in total. The first-order valence-electron chi connectivity index (χ1n) is 10.2. The SMILES string of the molecule is C=CC(=O)Nc1cccc(Cl)c1Nc1cc(N(C)C(=O)Nc2c(Cl)c(OC)cc(OC)c2Cl)ncn1. The van der Waals surface area contributed by atoms with Crippen molar-refractivity contribution in [2.75, 3.05) is 42.1 Å². The number of rotatable bonds is 8. The summed E-state index contributed by atoms with van der Waals surface area (Å²) in [7, 11) is 4.34. The van der Waals surface area contributed by atoms with Crippen molar-refractivity contribution in [1.29, 1.82) is 0 Å². The molecule has 188 valence electrons. The second-order valence-electron chi connectivity index (χ2n) is 7.02. The van der Waals surface area contributed by atoms with Gasteiger partial charge in [-0.1, -0.05) is 47.4 Å². The number of methoxy groups -OCH3 is 2. The second kappa shape index (κ2) is 11.8. The molecule has 0 radical (unpaired) electrons. The number of nitrogens with zero attached hydrogens (tertiary/aromatic N) is 3. The molecule has 0 unspecified atom stereocenters. The summed E-state index contributed by atoms with van der Waals surface area (Å²) in [4.78, 5) is 34.3. The van der Waals surface area contributed by atoms with Gasteiger partial charge in [0.25, 0.3) is 0 Å². The highest BCUT2D eigenvalue weighted by Crippen LogP contribution is 2.44. The zero-order valence-electron chi connectivity index (χ0n) is 19.4. The summed E-state index contributed by atoms with van der Waals surface area (Å²) in [5.74, 6) is 0.662. The number of nitrogens with one attached hydrogen (secondary N) is 3. The number of amides is 3. The zero-order chi connectivity index (χ0) is 26.4. The molecule has 13 heteroatoms. The van der Waals surface area contributed by atoms with E-state index in [9.17, 15) is 9.59 Å². The van der Waals surface area contributed by atoms with Crippen molar-refractivity contribution in [3.63, 3.8) is 0 Å². The first kappa shape index (κ1) is 26.9. The van der Waals surface area contributed by atoms with Crippen molar-refractivity contribution in [2.24, 2.45) is 0 Å². The molecule has 3 aromatic rings. The lowest BCUT2D eigenvalue weighted by Crippen LogP contribution is -2.32. The molecule has 3 rings (SSSR count). The molecule has 1 heterocycles. The third kappa shape index (κ3) is 5.91. The van der Waals surface area contributed by atoms with E-state index in [4.69, 9.17) is 44.3 Å². The molecular formula is C23H21Cl3N6O4. The van der Waals surface area contributed by atoms with Crippen LogP contribution in [0.3, 0.4) is 0 Å². The Bertz CT molecular complexity index is 1290. The number of carbonyl (C=O) groups is 2. The van der Waals surface area contributed by atoms with Crippen molar-refractivity contribution in [1.82, 2.24) is 9.97 Å². The number of anilines is 5. The molecule has 1 aromatic heterocycles. The van der Waals surface area contributed by atoms with E-state index in [2.05, 4.69) is 32.5 Å². The van der Waals surface area contributed by atoms with E-state index < -0.39 is 11.9 Å². The summed E-state index contributed by atoms with van der Waals surface area (Å²) in [5, 5.41) is 8.88. The molecule has 0 saturated carbocycles. The van der Waals surface area contributed by atoms with Gasteiger partial charge >= 0.3 is 6.03 Å². The first-order valence-corrected chi connectivity index (χ1v) is 11.3. The molecule has 3 amide bonds. The number of urea groups is 1. The molecule has 0 fully saturated rings. The Morgan fingerprint density at radius 3 is 2.28 bits per heavy atom. The van der Waals surface area contributed by atoms with Gasteiger partial charge in [-0.15, -0.1) is 0 Å². The molecule has 0 spiro atoms. The molecule has 2 aromatic carbocycles. The van der Waals surface area contributed by atoms with Crippen molar-refractivity contribution < 1.29 is 19.1 Å². The summed E-state index contributed by atoms with van der Waals surface area (Å²) in [6.45, 7) is 3.44. The van der Waals surface area contributed by atoms with E-state index in [0.29, 0.717) is 22.2 Å². The third-order valence-electron chi connectivity index (χ3n) is 4.82. The van der Waals surface area contributed by atoms with E-state index in [-0.39, 0.29) is 33.0 Å². The number of hydrogen-bond donors (Lipinski definition) is 3. The number of ether oxygens (including phenoxy) is 2. The first-order chi connectivity index (χ1) is 17.2. The highest BCUT2D eigenvalue weighted by Gasteiger charge is 2.22. The van der Waals surface area contributed by atoms with Crippen LogP contribution >= 0.6 is 34.8 Å². The van der Waals surface area contributed by atoms with Crippen molar-refractivity contribution >= 4 is 75.4 Å². The Balaban J connectivity index is 1.86. The standard InChI is InChI=1S/C23H21Cl3N6O4/c1-5-18(33)29-13-8-6-7-12(24)21(13)30-16-10-17(28-11-27-16)32(2)23(34)31-22-19(25)14(35-3)9-15(36-4)20(22)26/h5-11H,1H2,2-4H3,(H,29,33)(H,31,34)(H,27,28,30). The van der Waals surface area contributed by atoms with Crippen LogP contribution in [-0.4, -0.2) is 43.2 Å². The summed E-state index contributed by atoms with van der Waals surface area (Å²) in [5.41, 5.74) is 0.917. The van der Waals surface area contributed by atoms with Gasteiger partial charge in [0, 0.05) is 19.2 Å². The fraction of sp³-hybridized carbons (Fsp3) is 0.130. The highest BCUT2D eigenvalue weighted by molar-refractivity contribution is 6.41. The van der Waals surface area contributed by atoms with Crippen LogP contribution in [0.4, 0.5) is 33.5 Å². The smallest absolute Gasteiger partial charge is 0.327 e. The van der Waals surface area contributed by atoms with Gasteiger partial charge in [-0.05, 0) is 18.2 Å². The molecule has 0 aliphatic carbocycles. The average Bonchev–Trinajstić information content (AvgIpc) is 2.88. The topological polar surface area (TPSA) is 118 Å². The number of para-hydroxylation sites is 1. The Hall–Kier alpha value is -3.73. The Morgan fingerprint density at radius 2 is 1.67 bits per heavy atom. The fourth-order valence-corrected chi connectivity index (χ4v) is 3.77. The Kier molecular flexibility index (Phi) is 8.81. The predicted molar refractivity (Wildman–Crippen MR) is 143 cm³/mol. The third-order valence-corrected chi connectivity index (χ3v) is 5.88. The summed E-state index contributed by atoms with van der Waals surface area (Å²) in [6, 6.07) is 7.40. The predicted octanol–water partition coefficient (Wildman–Crippen LogP) is 5.99.